The van der Waals surface area contributed by atoms with Crippen molar-refractivity contribution in [2.75, 3.05) is 13.3 Å². The van der Waals surface area contributed by atoms with E-state index in [0.29, 0.717) is 17.1 Å². The molecule has 21 heavy (non-hydrogen) atoms. The van der Waals surface area contributed by atoms with Crippen LogP contribution in [0.25, 0.3) is 0 Å². The van der Waals surface area contributed by atoms with Crippen LogP contribution in [0, 0.1) is 11.8 Å². The van der Waals surface area contributed by atoms with Crippen LogP contribution in [0.3, 0.4) is 0 Å². The predicted molar refractivity (Wildman–Crippen MR) is 75.9 cm³/mol. The van der Waals surface area contributed by atoms with Gasteiger partial charge in [-0.05, 0) is 18.1 Å². The van der Waals surface area contributed by atoms with Gasteiger partial charge < -0.3 is 19.9 Å². The molecule has 0 aromatic heterocycles. The molecule has 7 heteroatoms. The van der Waals surface area contributed by atoms with E-state index >= 15 is 0 Å². The van der Waals surface area contributed by atoms with Gasteiger partial charge in [-0.3, -0.25) is 9.59 Å². The molecular formula is C14H16ClNO5. The molecule has 0 bridgehead atoms. The topological polar surface area (TPSA) is 84.9 Å². The number of aliphatic carboxylic acids is 1. The number of fused-ring (bicyclic) bond motifs is 1. The second-order valence-electron chi connectivity index (χ2n) is 5.09. The largest absolute Gasteiger partial charge is 0.481 e. The molecule has 2 N–H and O–H groups in total. The fourth-order valence-corrected chi connectivity index (χ4v) is 2.28. The van der Waals surface area contributed by atoms with Crippen LogP contribution in [-0.4, -0.2) is 30.3 Å². The summed E-state index contributed by atoms with van der Waals surface area (Å²) in [5.74, 6) is -1.23. The number of ether oxygens (including phenoxy) is 2. The first kappa shape index (κ1) is 15.4. The maximum Gasteiger partial charge on any atom is 0.308 e. The summed E-state index contributed by atoms with van der Waals surface area (Å²) in [7, 11) is 0. The fraction of sp³-hybridized carbons (Fsp3) is 0.429. The fourth-order valence-electron chi connectivity index (χ4n) is 2.01. The normalized spacial score (nSPS) is 14.1. The van der Waals surface area contributed by atoms with Crippen LogP contribution >= 0.6 is 11.6 Å². The van der Waals surface area contributed by atoms with Crippen LogP contribution in [0.15, 0.2) is 12.1 Å². The monoisotopic (exact) mass is 313 g/mol. The van der Waals surface area contributed by atoms with Gasteiger partial charge in [-0.2, -0.15) is 0 Å². The van der Waals surface area contributed by atoms with E-state index in [1.807, 2.05) is 0 Å². The number of rotatable bonds is 5. The van der Waals surface area contributed by atoms with Crippen molar-refractivity contribution < 1.29 is 24.2 Å². The Balaban J connectivity index is 2.07. The lowest BCUT2D eigenvalue weighted by Gasteiger charge is -2.16. The van der Waals surface area contributed by atoms with Gasteiger partial charge in [0.15, 0.2) is 11.5 Å². The molecule has 2 rings (SSSR count). The highest BCUT2D eigenvalue weighted by Crippen LogP contribution is 2.39. The van der Waals surface area contributed by atoms with Crippen molar-refractivity contribution in [1.82, 2.24) is 5.32 Å². The first-order valence-corrected chi connectivity index (χ1v) is 6.88. The van der Waals surface area contributed by atoms with Gasteiger partial charge in [0.05, 0.1) is 10.9 Å². The van der Waals surface area contributed by atoms with E-state index < -0.39 is 17.8 Å². The molecule has 1 aliphatic heterocycles. The smallest absolute Gasteiger partial charge is 0.308 e. The minimum Gasteiger partial charge on any atom is -0.481 e. The number of hydrogen-bond donors (Lipinski definition) is 2. The van der Waals surface area contributed by atoms with Crippen molar-refractivity contribution in [3.63, 3.8) is 0 Å². The number of halogens is 1. The molecule has 6 nitrogen and oxygen atoms in total. The lowest BCUT2D eigenvalue weighted by atomic mass is 9.96. The van der Waals surface area contributed by atoms with Gasteiger partial charge in [-0.25, -0.2) is 0 Å². The van der Waals surface area contributed by atoms with Gasteiger partial charge in [-0.1, -0.05) is 25.4 Å². The van der Waals surface area contributed by atoms with Gasteiger partial charge in [0.1, 0.15) is 0 Å². The molecule has 0 spiro atoms. The molecule has 114 valence electrons. The summed E-state index contributed by atoms with van der Waals surface area (Å²) in [4.78, 5) is 23.2. The van der Waals surface area contributed by atoms with E-state index in [1.54, 1.807) is 13.8 Å². The summed E-state index contributed by atoms with van der Waals surface area (Å²) in [6, 6.07) is 2.99. The standard InChI is InChI=1S/C14H16ClNO5/c1-7(2)9(14(18)19)5-16-13(17)8-3-10(15)12-11(4-8)20-6-21-12/h3-4,7,9H,5-6H2,1-2H3,(H,16,17)(H,18,19). The Hall–Kier alpha value is -1.95. The maximum atomic E-state index is 12.1. The highest BCUT2D eigenvalue weighted by Gasteiger charge is 2.24. The van der Waals surface area contributed by atoms with Gasteiger partial charge in [0.25, 0.3) is 5.91 Å². The lowest BCUT2D eigenvalue weighted by molar-refractivity contribution is -0.142. The van der Waals surface area contributed by atoms with Crippen LogP contribution in [0.2, 0.25) is 5.02 Å². The summed E-state index contributed by atoms with van der Waals surface area (Å²) >= 11 is 6.00. The number of carboxylic acid groups (broad SMARTS) is 1. The Morgan fingerprint density at radius 1 is 1.38 bits per heavy atom. The maximum absolute atomic E-state index is 12.1. The Kier molecular flexibility index (Phi) is 4.57. The summed E-state index contributed by atoms with van der Waals surface area (Å²) in [5, 5.41) is 12.0. The number of nitrogens with one attached hydrogen (secondary N) is 1. The van der Waals surface area contributed by atoms with Crippen molar-refractivity contribution in [2.24, 2.45) is 11.8 Å². The summed E-state index contributed by atoms with van der Waals surface area (Å²) in [6.45, 7) is 3.71. The molecule has 1 aromatic rings. The third kappa shape index (κ3) is 3.39. The highest BCUT2D eigenvalue weighted by atomic mass is 35.5. The average molecular weight is 314 g/mol. The minimum atomic E-state index is -0.936. The van der Waals surface area contributed by atoms with E-state index in [4.69, 9.17) is 26.2 Å². The Morgan fingerprint density at radius 3 is 2.71 bits per heavy atom. The quantitative estimate of drug-likeness (QED) is 0.870. The number of carbonyl (C=O) groups excluding carboxylic acids is 1. The Labute approximate surface area is 127 Å². The summed E-state index contributed by atoms with van der Waals surface area (Å²) in [6.07, 6.45) is 0. The Bertz CT molecular complexity index is 573. The van der Waals surface area contributed by atoms with Gasteiger partial charge >= 0.3 is 5.97 Å². The molecule has 1 heterocycles. The molecule has 1 aromatic carbocycles. The first-order valence-electron chi connectivity index (χ1n) is 6.50. The van der Waals surface area contributed by atoms with Crippen molar-refractivity contribution >= 4 is 23.5 Å². The van der Waals surface area contributed by atoms with Gasteiger partial charge in [0, 0.05) is 12.1 Å². The second kappa shape index (κ2) is 6.22. The third-order valence-corrected chi connectivity index (χ3v) is 3.57. The van der Waals surface area contributed by atoms with E-state index in [2.05, 4.69) is 5.32 Å². The van der Waals surface area contributed by atoms with E-state index in [9.17, 15) is 9.59 Å². The number of carbonyl (C=O) groups is 2. The first-order chi connectivity index (χ1) is 9.90. The number of carboxylic acids is 1. The molecule has 0 saturated carbocycles. The van der Waals surface area contributed by atoms with Crippen molar-refractivity contribution in [3.05, 3.63) is 22.7 Å². The molecule has 0 fully saturated rings. The molecule has 0 aliphatic carbocycles. The third-order valence-electron chi connectivity index (χ3n) is 3.29. The van der Waals surface area contributed by atoms with Crippen LogP contribution in [-0.2, 0) is 4.79 Å². The zero-order valence-electron chi connectivity index (χ0n) is 11.7. The Morgan fingerprint density at radius 2 is 2.10 bits per heavy atom. The van der Waals surface area contributed by atoms with Gasteiger partial charge in [0.2, 0.25) is 6.79 Å². The second-order valence-corrected chi connectivity index (χ2v) is 5.50. The summed E-state index contributed by atoms with van der Waals surface area (Å²) < 4.78 is 10.4. The van der Waals surface area contributed by atoms with Crippen molar-refractivity contribution in [2.45, 2.75) is 13.8 Å². The van der Waals surface area contributed by atoms with Crippen molar-refractivity contribution in [3.8, 4) is 11.5 Å². The van der Waals surface area contributed by atoms with Crippen molar-refractivity contribution in [1.29, 1.82) is 0 Å². The van der Waals surface area contributed by atoms with Crippen LogP contribution in [0.1, 0.15) is 24.2 Å². The van der Waals surface area contributed by atoms with E-state index in [1.165, 1.54) is 12.1 Å². The molecule has 1 amide bonds. The molecule has 1 unspecified atom stereocenters. The SMILES string of the molecule is CC(C)C(CNC(=O)c1cc(Cl)c2c(c1)OCO2)C(=O)O. The minimum absolute atomic E-state index is 0.0535. The lowest BCUT2D eigenvalue weighted by Crippen LogP contribution is -2.35. The van der Waals surface area contributed by atoms with Crippen LogP contribution < -0.4 is 14.8 Å². The molecule has 1 atom stereocenters. The zero-order chi connectivity index (χ0) is 15.6. The predicted octanol–water partition coefficient (Wildman–Crippen LogP) is 2.16. The van der Waals surface area contributed by atoms with E-state index in [-0.39, 0.29) is 24.3 Å². The summed E-state index contributed by atoms with van der Waals surface area (Å²) in [5.41, 5.74) is 0.303. The number of amides is 1. The number of hydrogen-bond acceptors (Lipinski definition) is 4. The molecule has 0 radical (unpaired) electrons. The highest BCUT2D eigenvalue weighted by molar-refractivity contribution is 6.32. The number of benzene rings is 1. The van der Waals surface area contributed by atoms with E-state index in [0.717, 1.165) is 0 Å². The molecule has 0 saturated heterocycles. The molecular weight excluding hydrogens is 298 g/mol. The van der Waals surface area contributed by atoms with Crippen LogP contribution in [0.5, 0.6) is 11.5 Å². The molecule has 1 aliphatic rings. The average Bonchev–Trinajstić information content (AvgIpc) is 2.86. The van der Waals surface area contributed by atoms with Gasteiger partial charge in [-0.15, -0.1) is 0 Å². The zero-order valence-corrected chi connectivity index (χ0v) is 12.4. The van der Waals surface area contributed by atoms with Crippen LogP contribution in [0.4, 0.5) is 0 Å².